The minimum Gasteiger partial charge on any atom is -0.478 e. The van der Waals surface area contributed by atoms with Crippen LogP contribution in [-0.4, -0.2) is 29.9 Å². The van der Waals surface area contributed by atoms with Gasteiger partial charge in [0.15, 0.2) is 0 Å². The number of carboxylic acid groups (broad SMARTS) is 1. The molecule has 6 heteroatoms. The lowest BCUT2D eigenvalue weighted by Gasteiger charge is -1.90. The number of carbonyl (C=O) groups is 3. The lowest BCUT2D eigenvalue weighted by molar-refractivity contribution is -0.137. The highest BCUT2D eigenvalue weighted by atomic mass is 16.5. The Balaban J connectivity index is -0.0000000883. The standard InChI is InChI=1S/C5H8O2.C3H3N.C3H4O2.C3H4O/c1-3-5(6)7-4-2;1-2-3-4;1-2-3(4)5;1-2-3-4/h3H,1,4H2,2H3;2H,1H2;2H,1H2,(H,4,5);2-3H,1H2. The van der Waals surface area contributed by atoms with Gasteiger partial charge in [-0.25, -0.2) is 9.59 Å². The van der Waals surface area contributed by atoms with Gasteiger partial charge in [0.25, 0.3) is 0 Å². The number of carboxylic acids is 1. The second kappa shape index (κ2) is 29.8. The van der Waals surface area contributed by atoms with Crippen LogP contribution < -0.4 is 0 Å². The molecular formula is C14H19NO5. The van der Waals surface area contributed by atoms with Gasteiger partial charge >= 0.3 is 11.9 Å². The van der Waals surface area contributed by atoms with E-state index in [0.29, 0.717) is 12.9 Å². The molecule has 0 heterocycles. The van der Waals surface area contributed by atoms with E-state index in [1.165, 1.54) is 12.2 Å². The van der Waals surface area contributed by atoms with E-state index < -0.39 is 5.97 Å². The number of rotatable bonds is 4. The van der Waals surface area contributed by atoms with E-state index >= 15 is 0 Å². The van der Waals surface area contributed by atoms with Crippen molar-refractivity contribution in [3.05, 3.63) is 50.6 Å². The second-order valence-electron chi connectivity index (χ2n) is 2.20. The van der Waals surface area contributed by atoms with Crippen LogP contribution >= 0.6 is 0 Å². The highest BCUT2D eigenvalue weighted by molar-refractivity contribution is 5.81. The first-order valence-corrected chi connectivity index (χ1v) is 5.12. The molecule has 0 saturated carbocycles. The molecule has 0 fully saturated rings. The summed E-state index contributed by atoms with van der Waals surface area (Å²) >= 11 is 0. The summed E-state index contributed by atoms with van der Waals surface area (Å²) in [5, 5.41) is 15.1. The van der Waals surface area contributed by atoms with Crippen molar-refractivity contribution in [3.8, 4) is 6.07 Å². The summed E-state index contributed by atoms with van der Waals surface area (Å²) in [4.78, 5) is 28.4. The normalized spacial score (nSPS) is 6.00. The van der Waals surface area contributed by atoms with E-state index in [1.54, 1.807) is 13.0 Å². The van der Waals surface area contributed by atoms with E-state index in [2.05, 4.69) is 31.1 Å². The molecule has 0 aromatic carbocycles. The zero-order chi connectivity index (χ0) is 16.8. The molecule has 0 spiro atoms. The Hall–Kier alpha value is -2.94. The number of nitriles is 1. The van der Waals surface area contributed by atoms with Crippen LogP contribution in [0.25, 0.3) is 0 Å². The molecule has 0 saturated heterocycles. The van der Waals surface area contributed by atoms with Crippen molar-refractivity contribution in [2.45, 2.75) is 6.92 Å². The molecule has 0 aliphatic rings. The van der Waals surface area contributed by atoms with Crippen LogP contribution in [0.15, 0.2) is 50.6 Å². The molecule has 0 aliphatic carbocycles. The molecule has 1 N–H and O–H groups in total. The Bertz CT molecular complexity index is 347. The van der Waals surface area contributed by atoms with Gasteiger partial charge in [-0.3, -0.25) is 4.79 Å². The average Bonchev–Trinajstić information content (AvgIpc) is 2.48. The van der Waals surface area contributed by atoms with E-state index in [9.17, 15) is 9.59 Å². The molecule has 0 bridgehead atoms. The third-order valence-corrected chi connectivity index (χ3v) is 0.815. The number of nitrogens with zero attached hydrogens (tertiary/aromatic N) is 1. The molecular weight excluding hydrogens is 262 g/mol. The summed E-state index contributed by atoms with van der Waals surface area (Å²) in [5.41, 5.74) is 0. The molecule has 0 rings (SSSR count). The van der Waals surface area contributed by atoms with Gasteiger partial charge in [0.05, 0.1) is 12.7 Å². The molecule has 0 aromatic heterocycles. The fraction of sp³-hybridized carbons (Fsp3) is 0.143. The zero-order valence-corrected chi connectivity index (χ0v) is 11.4. The van der Waals surface area contributed by atoms with Crippen molar-refractivity contribution in [1.82, 2.24) is 0 Å². The van der Waals surface area contributed by atoms with Crippen LogP contribution in [0.2, 0.25) is 0 Å². The molecule has 0 atom stereocenters. The molecule has 0 aromatic rings. The zero-order valence-electron chi connectivity index (χ0n) is 11.4. The number of carbonyl (C=O) groups excluding carboxylic acids is 2. The average molecular weight is 281 g/mol. The Labute approximate surface area is 119 Å². The first kappa shape index (κ1) is 25.8. The lowest BCUT2D eigenvalue weighted by atomic mass is 10.6. The predicted octanol–water partition coefficient (Wildman–Crippen LogP) is 2.06. The molecule has 0 unspecified atom stereocenters. The second-order valence-corrected chi connectivity index (χ2v) is 2.20. The van der Waals surface area contributed by atoms with Gasteiger partial charge in [-0.15, -0.1) is 0 Å². The number of aldehydes is 1. The first-order chi connectivity index (χ1) is 9.41. The quantitative estimate of drug-likeness (QED) is 0.366. The van der Waals surface area contributed by atoms with E-state index in [0.717, 1.165) is 12.2 Å². The predicted molar refractivity (Wildman–Crippen MR) is 76.7 cm³/mol. The van der Waals surface area contributed by atoms with Crippen LogP contribution in [-0.2, 0) is 19.1 Å². The summed E-state index contributed by atoms with van der Waals surface area (Å²) < 4.78 is 4.43. The minimum atomic E-state index is -0.981. The number of hydrogen-bond donors (Lipinski definition) is 1. The monoisotopic (exact) mass is 281 g/mol. The van der Waals surface area contributed by atoms with Crippen LogP contribution in [0.1, 0.15) is 6.92 Å². The van der Waals surface area contributed by atoms with Crippen LogP contribution in [0.5, 0.6) is 0 Å². The topological polar surface area (TPSA) is 104 Å². The Morgan fingerprint density at radius 2 is 1.60 bits per heavy atom. The Morgan fingerprint density at radius 3 is 1.65 bits per heavy atom. The smallest absolute Gasteiger partial charge is 0.330 e. The van der Waals surface area contributed by atoms with Crippen molar-refractivity contribution < 1.29 is 24.2 Å². The molecule has 20 heavy (non-hydrogen) atoms. The van der Waals surface area contributed by atoms with Crippen molar-refractivity contribution >= 4 is 18.2 Å². The summed E-state index contributed by atoms with van der Waals surface area (Å²) in [6, 6.07) is 1.69. The van der Waals surface area contributed by atoms with Crippen molar-refractivity contribution in [1.29, 1.82) is 5.26 Å². The van der Waals surface area contributed by atoms with Gasteiger partial charge in [-0.1, -0.05) is 26.3 Å². The number of allylic oxidation sites excluding steroid dienone is 2. The fourth-order valence-electron chi connectivity index (χ4n) is 0.201. The molecule has 0 radical (unpaired) electrons. The summed E-state index contributed by atoms with van der Waals surface area (Å²) in [7, 11) is 0. The largest absolute Gasteiger partial charge is 0.478 e. The van der Waals surface area contributed by atoms with Gasteiger partial charge in [0, 0.05) is 18.2 Å². The van der Waals surface area contributed by atoms with Gasteiger partial charge in [0.2, 0.25) is 0 Å². The lowest BCUT2D eigenvalue weighted by Crippen LogP contribution is -1.97. The van der Waals surface area contributed by atoms with E-state index in [4.69, 9.17) is 15.2 Å². The number of hydrogen-bond acceptors (Lipinski definition) is 5. The van der Waals surface area contributed by atoms with Crippen LogP contribution in [0, 0.1) is 11.3 Å². The molecule has 0 amide bonds. The highest BCUT2D eigenvalue weighted by Gasteiger charge is 1.86. The number of aliphatic carboxylic acids is 1. The summed E-state index contributed by atoms with van der Waals surface area (Å²) in [5.74, 6) is -1.34. The van der Waals surface area contributed by atoms with Crippen molar-refractivity contribution in [2.75, 3.05) is 6.61 Å². The Morgan fingerprint density at radius 1 is 1.25 bits per heavy atom. The SMILES string of the molecule is C=CC#N.C=CC(=O)O.C=CC(=O)OCC.C=CC=O. The minimum absolute atomic E-state index is 0.359. The van der Waals surface area contributed by atoms with Gasteiger partial charge in [-0.2, -0.15) is 5.26 Å². The molecule has 110 valence electrons. The highest BCUT2D eigenvalue weighted by Crippen LogP contribution is 1.74. The summed E-state index contributed by atoms with van der Waals surface area (Å²) in [6.45, 7) is 14.6. The van der Waals surface area contributed by atoms with Crippen LogP contribution in [0.3, 0.4) is 0 Å². The van der Waals surface area contributed by atoms with Crippen molar-refractivity contribution in [3.63, 3.8) is 0 Å². The fourth-order valence-corrected chi connectivity index (χ4v) is 0.201. The van der Waals surface area contributed by atoms with Gasteiger partial charge in [-0.05, 0) is 13.0 Å². The van der Waals surface area contributed by atoms with Gasteiger partial charge in [0.1, 0.15) is 6.29 Å². The third kappa shape index (κ3) is 81.1. The number of ether oxygens (including phenoxy) is 1. The Kier molecular flexibility index (Phi) is 38.4. The third-order valence-electron chi connectivity index (χ3n) is 0.815. The summed E-state index contributed by atoms with van der Waals surface area (Å²) in [6.07, 6.45) is 4.99. The van der Waals surface area contributed by atoms with Gasteiger partial charge < -0.3 is 9.84 Å². The maximum absolute atomic E-state index is 10.1. The van der Waals surface area contributed by atoms with Crippen LogP contribution in [0.4, 0.5) is 0 Å². The van der Waals surface area contributed by atoms with E-state index in [1.807, 2.05) is 0 Å². The van der Waals surface area contributed by atoms with E-state index in [-0.39, 0.29) is 5.97 Å². The van der Waals surface area contributed by atoms with Crippen molar-refractivity contribution in [2.24, 2.45) is 0 Å². The first-order valence-electron chi connectivity index (χ1n) is 5.12. The maximum atomic E-state index is 10.1. The molecule has 0 aliphatic heterocycles. The maximum Gasteiger partial charge on any atom is 0.330 e. The number of esters is 1. The molecule has 6 nitrogen and oxygen atoms in total.